The van der Waals surface area contributed by atoms with Gasteiger partial charge >= 0.3 is 18.0 Å². The van der Waals surface area contributed by atoms with Crippen molar-refractivity contribution in [2.45, 2.75) is 103 Å². The van der Waals surface area contributed by atoms with Crippen LogP contribution in [-0.2, 0) is 30.5 Å². The Balaban J connectivity index is 1.04. The SMILES string of the molecule is CNC(=O)C[C@@H]1NC(=O)c2csc(n2)-c2ccc(-c3nc(N(CCCC(=O)O)C(=O)NC4CCC(C(=O)O)CC4)cs3)nc2-c2csc(n2)-c2csc(n2)[C@H]([C@@H](O)c2ccccc2)NC(=O)CNC(=O)c2nc(sc2COC)[C@H](C(C)C)NC(=O)c2nc1sc2C. The second-order valence-electron chi connectivity index (χ2n) is 21.6. The van der Waals surface area contributed by atoms with E-state index < -0.39 is 84.2 Å². The van der Waals surface area contributed by atoms with Crippen LogP contribution >= 0.6 is 68.0 Å². The van der Waals surface area contributed by atoms with Crippen LogP contribution in [0.25, 0.3) is 43.4 Å². The number of aliphatic carboxylic acids is 2. The number of aryl methyl sites for hydroxylation is 1. The number of fused-ring (bicyclic) bond motifs is 14. The standard InChI is InChI=1S/C59H62N14O12S6/c1-27(2)43-57-72-46(38(91-57)22-85-5)50(80)61-21-41(75)69-47(48(78)29-10-7-6-8-11-29)56-67-37(25-88-56)54-65-35(23-87-54)45-32(52-66-36(24-86-52)49(79)64-34(20-40(74)60-4)55-71-44(28(3)90-55)51(81)70-43)17-18-33(63-45)53-68-39(26-89-53)73(19-9-12-42(76)77)59(84)62-31-15-13-30(14-16-31)58(82)83/h6-8,10-11,17-18,23-27,30-31,34,43,47-48,78H,9,12-16,19-22H2,1-5H3,(H,60,74)(H,61,80)(H,62,84)(H,64,79)(H,69,75)(H,70,81)(H,76,77)(H,82,83)/t30?,31?,34-,43-,47-,48-/m0/s1. The van der Waals surface area contributed by atoms with Gasteiger partial charge in [0.25, 0.3) is 17.7 Å². The number of thiazole rings is 6. The first-order valence-electron chi connectivity index (χ1n) is 28.7. The topological polar surface area (TPSA) is 372 Å². The minimum Gasteiger partial charge on any atom is -0.481 e. The third kappa shape index (κ3) is 15.5. The van der Waals surface area contributed by atoms with E-state index in [4.69, 9.17) is 39.6 Å². The first-order chi connectivity index (χ1) is 43.7. The average Bonchev–Trinajstić information content (AvgIpc) is 1.75. The molecule has 1 aromatic carbocycles. The van der Waals surface area contributed by atoms with Crippen molar-refractivity contribution in [1.29, 1.82) is 0 Å². The van der Waals surface area contributed by atoms with Crippen molar-refractivity contribution in [2.75, 3.05) is 32.1 Å². The number of carboxylic acid groups (broad SMARTS) is 2. The van der Waals surface area contributed by atoms with E-state index in [1.165, 1.54) is 53.1 Å². The van der Waals surface area contributed by atoms with Gasteiger partial charge in [-0.15, -0.1) is 68.0 Å². The minimum absolute atomic E-state index is 0.00896. The predicted molar refractivity (Wildman–Crippen MR) is 343 cm³/mol. The number of aromatic nitrogens is 7. The van der Waals surface area contributed by atoms with Crippen LogP contribution in [0.5, 0.6) is 0 Å². The summed E-state index contributed by atoms with van der Waals surface area (Å²) in [5.74, 6) is -5.44. The molecule has 91 heavy (non-hydrogen) atoms. The number of nitrogens with zero attached hydrogens (tertiary/aromatic N) is 8. The molecule has 0 spiro atoms. The highest BCUT2D eigenvalue weighted by molar-refractivity contribution is 7.15. The molecule has 1 saturated carbocycles. The van der Waals surface area contributed by atoms with Gasteiger partial charge in [0.1, 0.15) is 82.2 Å². The summed E-state index contributed by atoms with van der Waals surface area (Å²) in [5, 5.41) is 56.9. The van der Waals surface area contributed by atoms with Gasteiger partial charge in [-0.25, -0.2) is 39.7 Å². The van der Waals surface area contributed by atoms with Gasteiger partial charge in [0.05, 0.1) is 48.1 Å². The van der Waals surface area contributed by atoms with Crippen LogP contribution in [0.3, 0.4) is 0 Å². The summed E-state index contributed by atoms with van der Waals surface area (Å²) >= 11 is 7.01. The number of methoxy groups -OCH3 is 1. The summed E-state index contributed by atoms with van der Waals surface area (Å²) in [6.07, 6.45) is 0.0582. The summed E-state index contributed by atoms with van der Waals surface area (Å²) in [6.45, 7) is 4.90. The number of hydrogen-bond donors (Lipinski definition) is 9. The fourth-order valence-corrected chi connectivity index (χ4v) is 15.7. The molecule has 0 saturated heterocycles. The van der Waals surface area contributed by atoms with Crippen LogP contribution in [0.1, 0.15) is 145 Å². The molecule has 4 atom stereocenters. The van der Waals surface area contributed by atoms with Crippen molar-refractivity contribution in [3.8, 4) is 43.4 Å². The monoisotopic (exact) mass is 1350 g/mol. The fourth-order valence-electron chi connectivity index (χ4n) is 10.1. The van der Waals surface area contributed by atoms with E-state index in [9.17, 15) is 53.7 Å². The molecule has 1 aliphatic heterocycles. The smallest absolute Gasteiger partial charge is 0.323 e. The summed E-state index contributed by atoms with van der Waals surface area (Å²) in [6, 6.07) is 8.47. The Bertz CT molecular complexity index is 4000. The molecule has 8 heterocycles. The van der Waals surface area contributed by atoms with E-state index in [1.807, 2.05) is 13.8 Å². The van der Waals surface area contributed by atoms with Crippen molar-refractivity contribution < 1.29 is 58.4 Å². The highest BCUT2D eigenvalue weighted by Gasteiger charge is 2.34. The molecular formula is C59H62N14O12S6. The maximum absolute atomic E-state index is 14.4. The van der Waals surface area contributed by atoms with Gasteiger partial charge in [-0.05, 0) is 62.6 Å². The average molecular weight is 1350 g/mol. The number of aliphatic hydroxyl groups excluding tert-OH is 1. The highest BCUT2D eigenvalue weighted by atomic mass is 32.1. The number of benzene rings is 1. The zero-order valence-corrected chi connectivity index (χ0v) is 54.4. The van der Waals surface area contributed by atoms with Crippen LogP contribution in [0.15, 0.2) is 64.0 Å². The number of carboxylic acids is 2. The van der Waals surface area contributed by atoms with Gasteiger partial charge in [-0.1, -0.05) is 44.2 Å². The Morgan fingerprint density at radius 2 is 1.41 bits per heavy atom. The van der Waals surface area contributed by atoms with E-state index in [1.54, 1.807) is 70.9 Å². The normalized spacial score (nSPS) is 18.5. The van der Waals surface area contributed by atoms with Crippen LogP contribution in [0.2, 0.25) is 0 Å². The van der Waals surface area contributed by atoms with Gasteiger partial charge in [0.15, 0.2) is 0 Å². The van der Waals surface area contributed by atoms with Gasteiger partial charge in [0, 0.05) is 65.1 Å². The largest absolute Gasteiger partial charge is 0.481 e. The van der Waals surface area contributed by atoms with Gasteiger partial charge in [-0.3, -0.25) is 38.5 Å². The van der Waals surface area contributed by atoms with Crippen molar-refractivity contribution in [3.63, 3.8) is 0 Å². The lowest BCUT2D eigenvalue weighted by atomic mass is 9.86. The van der Waals surface area contributed by atoms with Gasteiger partial charge in [-0.2, -0.15) is 0 Å². The molecule has 476 valence electrons. The third-order valence-corrected chi connectivity index (χ3v) is 20.6. The lowest BCUT2D eigenvalue weighted by Gasteiger charge is -2.29. The second-order valence-corrected chi connectivity index (χ2v) is 27.4. The Hall–Kier alpha value is -8.37. The first-order valence-corrected chi connectivity index (χ1v) is 33.9. The number of carbonyl (C=O) groups is 8. The van der Waals surface area contributed by atoms with Crippen molar-refractivity contribution in [1.82, 2.24) is 66.8 Å². The number of anilines is 1. The molecule has 1 fully saturated rings. The first kappa shape index (κ1) is 65.6. The molecule has 9 N–H and O–H groups in total. The molecular weight excluding hydrogens is 1290 g/mol. The number of ether oxygens (including phenoxy) is 1. The molecule has 7 amide bonds. The maximum Gasteiger partial charge on any atom is 0.323 e. The van der Waals surface area contributed by atoms with Crippen LogP contribution < -0.4 is 36.8 Å². The number of nitrogens with one attached hydrogen (secondary N) is 6. The third-order valence-electron chi connectivity index (χ3n) is 14.9. The van der Waals surface area contributed by atoms with E-state index in [2.05, 4.69) is 31.9 Å². The number of rotatable bonds is 15. The van der Waals surface area contributed by atoms with Crippen LogP contribution in [0, 0.1) is 18.8 Å². The summed E-state index contributed by atoms with van der Waals surface area (Å²) in [5.41, 5.74) is 2.36. The molecule has 2 aliphatic rings. The van der Waals surface area contributed by atoms with Crippen molar-refractivity contribution in [2.24, 2.45) is 11.8 Å². The number of amides is 7. The molecule has 0 radical (unpaired) electrons. The molecule has 26 nitrogen and oxygen atoms in total. The molecule has 7 aromatic heterocycles. The Morgan fingerprint density at radius 1 is 0.703 bits per heavy atom. The zero-order chi connectivity index (χ0) is 64.6. The van der Waals surface area contributed by atoms with Crippen LogP contribution in [0.4, 0.5) is 10.6 Å². The second kappa shape index (κ2) is 29.3. The molecule has 10 rings (SSSR count). The Labute approximate surface area is 544 Å². The van der Waals surface area contributed by atoms with E-state index in [-0.39, 0.29) is 72.3 Å². The number of urea groups is 1. The molecule has 32 heteroatoms. The summed E-state index contributed by atoms with van der Waals surface area (Å²) in [4.78, 5) is 143. The summed E-state index contributed by atoms with van der Waals surface area (Å²) in [7, 11) is 2.92. The van der Waals surface area contributed by atoms with Crippen molar-refractivity contribution in [3.05, 3.63) is 111 Å². The molecule has 8 aromatic rings. The summed E-state index contributed by atoms with van der Waals surface area (Å²) < 4.78 is 5.45. The lowest BCUT2D eigenvalue weighted by molar-refractivity contribution is -0.143. The number of aliphatic hydroxyl groups is 1. The number of pyridine rings is 1. The predicted octanol–water partition coefficient (Wildman–Crippen LogP) is 8.34. The number of carbonyl (C=O) groups excluding carboxylic acids is 6. The van der Waals surface area contributed by atoms with Crippen molar-refractivity contribution >= 4 is 121 Å². The quantitative estimate of drug-likeness (QED) is 0.0465. The highest BCUT2D eigenvalue weighted by Crippen LogP contribution is 2.41. The maximum atomic E-state index is 14.4. The Morgan fingerprint density at radius 3 is 2.13 bits per heavy atom. The van der Waals surface area contributed by atoms with E-state index in [0.717, 1.165) is 34.0 Å². The molecule has 10 bridgehead atoms. The lowest BCUT2D eigenvalue weighted by Crippen LogP contribution is -2.47. The minimum atomic E-state index is -1.31. The molecule has 1 aliphatic carbocycles. The molecule has 0 unspecified atom stereocenters. The Kier molecular flexibility index (Phi) is 21.1. The van der Waals surface area contributed by atoms with Gasteiger partial charge < -0.3 is 52.0 Å². The van der Waals surface area contributed by atoms with E-state index >= 15 is 0 Å². The zero-order valence-electron chi connectivity index (χ0n) is 49.5. The van der Waals surface area contributed by atoms with Gasteiger partial charge in [0.2, 0.25) is 11.8 Å². The van der Waals surface area contributed by atoms with E-state index in [0.29, 0.717) is 94.4 Å². The fraction of sp³-hybridized carbons (Fsp3) is 0.373. The number of hydrogen-bond acceptors (Lipinski definition) is 23. The van der Waals surface area contributed by atoms with Crippen LogP contribution in [-0.4, -0.2) is 131 Å².